The van der Waals surface area contributed by atoms with Gasteiger partial charge in [-0.2, -0.15) is 11.8 Å². The predicted molar refractivity (Wildman–Crippen MR) is 82.5 cm³/mol. The first kappa shape index (κ1) is 15.2. The zero-order chi connectivity index (χ0) is 13.9. The van der Waals surface area contributed by atoms with E-state index in [-0.39, 0.29) is 11.5 Å². The van der Waals surface area contributed by atoms with Crippen LogP contribution in [0.1, 0.15) is 39.5 Å². The third kappa shape index (κ3) is 4.12. The fourth-order valence-electron chi connectivity index (χ4n) is 3.22. The Morgan fingerprint density at radius 3 is 2.63 bits per heavy atom. The fourth-order valence-corrected chi connectivity index (χ4v) is 4.42. The maximum atomic E-state index is 12.6. The molecule has 2 aliphatic heterocycles. The Balaban J connectivity index is 2.03. The van der Waals surface area contributed by atoms with Crippen molar-refractivity contribution in [2.45, 2.75) is 45.6 Å². The smallest absolute Gasteiger partial charge is 0.239 e. The molecule has 2 fully saturated rings. The molecular weight excluding hydrogens is 256 g/mol. The predicted octanol–water partition coefficient (Wildman–Crippen LogP) is 2.37. The molecule has 1 N–H and O–H groups in total. The molecule has 2 saturated heterocycles. The molecule has 2 heterocycles. The minimum Gasteiger partial charge on any atom is -0.341 e. The van der Waals surface area contributed by atoms with Crippen LogP contribution in [0.4, 0.5) is 0 Å². The minimum atomic E-state index is 0.0275. The molecule has 0 aromatic carbocycles. The highest BCUT2D eigenvalue weighted by molar-refractivity contribution is 7.99. The lowest BCUT2D eigenvalue weighted by atomic mass is 9.87. The van der Waals surface area contributed by atoms with Crippen LogP contribution in [0.15, 0.2) is 0 Å². The van der Waals surface area contributed by atoms with E-state index in [0.29, 0.717) is 5.91 Å². The molecule has 0 radical (unpaired) electrons. The Bertz CT molecular complexity index is 313. The highest BCUT2D eigenvalue weighted by atomic mass is 32.2. The number of amides is 1. The van der Waals surface area contributed by atoms with Gasteiger partial charge in [0, 0.05) is 13.1 Å². The molecule has 1 unspecified atom stereocenters. The molecular formula is C15H28N2OS. The van der Waals surface area contributed by atoms with Crippen molar-refractivity contribution in [1.29, 1.82) is 0 Å². The van der Waals surface area contributed by atoms with Gasteiger partial charge < -0.3 is 10.2 Å². The molecule has 0 saturated carbocycles. The van der Waals surface area contributed by atoms with E-state index in [0.717, 1.165) is 31.8 Å². The van der Waals surface area contributed by atoms with Gasteiger partial charge in [-0.05, 0) is 55.6 Å². The van der Waals surface area contributed by atoms with Gasteiger partial charge in [0.25, 0.3) is 0 Å². The van der Waals surface area contributed by atoms with Gasteiger partial charge in [-0.3, -0.25) is 4.79 Å². The normalized spacial score (nSPS) is 29.3. The Morgan fingerprint density at radius 2 is 2.00 bits per heavy atom. The molecule has 4 heteroatoms. The summed E-state index contributed by atoms with van der Waals surface area (Å²) in [7, 11) is 1.91. The van der Waals surface area contributed by atoms with Gasteiger partial charge in [0.1, 0.15) is 0 Å². The first-order valence-electron chi connectivity index (χ1n) is 7.55. The number of nitrogens with zero attached hydrogens (tertiary/aromatic N) is 1. The van der Waals surface area contributed by atoms with E-state index in [9.17, 15) is 4.79 Å². The summed E-state index contributed by atoms with van der Waals surface area (Å²) >= 11 is 2.05. The van der Waals surface area contributed by atoms with Crippen molar-refractivity contribution >= 4 is 17.7 Å². The first-order chi connectivity index (χ1) is 9.02. The molecule has 1 amide bonds. The van der Waals surface area contributed by atoms with Crippen molar-refractivity contribution in [3.63, 3.8) is 0 Å². The highest BCUT2D eigenvalue weighted by Crippen LogP contribution is 2.31. The molecule has 1 atom stereocenters. The quantitative estimate of drug-likeness (QED) is 0.863. The Morgan fingerprint density at radius 1 is 1.32 bits per heavy atom. The van der Waals surface area contributed by atoms with Gasteiger partial charge in [-0.15, -0.1) is 0 Å². The third-order valence-corrected chi connectivity index (χ3v) is 5.56. The maximum Gasteiger partial charge on any atom is 0.239 e. The second-order valence-corrected chi connectivity index (χ2v) is 8.04. The van der Waals surface area contributed by atoms with Crippen LogP contribution in [-0.2, 0) is 4.79 Å². The van der Waals surface area contributed by atoms with Crippen LogP contribution in [0.25, 0.3) is 0 Å². The Hall–Kier alpha value is -0.220. The van der Waals surface area contributed by atoms with Crippen LogP contribution in [-0.4, -0.2) is 48.5 Å². The van der Waals surface area contributed by atoms with Crippen LogP contribution in [0.5, 0.6) is 0 Å². The standard InChI is InChI=1S/C15H28N2OS/c1-15(2)7-4-13(16-3)14(18)17(11-15)10-12-5-8-19-9-6-12/h12-13,16H,4-11H2,1-3H3. The zero-order valence-corrected chi connectivity index (χ0v) is 13.4. The van der Waals surface area contributed by atoms with Crippen molar-refractivity contribution in [2.75, 3.05) is 31.6 Å². The summed E-state index contributed by atoms with van der Waals surface area (Å²) in [5.41, 5.74) is 0.255. The van der Waals surface area contributed by atoms with Crippen molar-refractivity contribution < 1.29 is 4.79 Å². The van der Waals surface area contributed by atoms with Crippen molar-refractivity contribution in [2.24, 2.45) is 11.3 Å². The lowest BCUT2D eigenvalue weighted by molar-refractivity contribution is -0.134. The summed E-state index contributed by atoms with van der Waals surface area (Å²) in [5.74, 6) is 3.58. The van der Waals surface area contributed by atoms with E-state index in [1.807, 2.05) is 7.05 Å². The highest BCUT2D eigenvalue weighted by Gasteiger charge is 2.35. The molecule has 3 nitrogen and oxygen atoms in total. The van der Waals surface area contributed by atoms with Gasteiger partial charge in [0.15, 0.2) is 0 Å². The lowest BCUT2D eigenvalue weighted by Gasteiger charge is -2.34. The van der Waals surface area contributed by atoms with E-state index in [2.05, 4.69) is 35.8 Å². The van der Waals surface area contributed by atoms with Crippen molar-refractivity contribution in [1.82, 2.24) is 10.2 Å². The van der Waals surface area contributed by atoms with E-state index in [1.165, 1.54) is 24.3 Å². The van der Waals surface area contributed by atoms with Gasteiger partial charge in [0.2, 0.25) is 5.91 Å². The second-order valence-electron chi connectivity index (χ2n) is 6.82. The number of carbonyl (C=O) groups excluding carboxylic acids is 1. The number of thioether (sulfide) groups is 1. The van der Waals surface area contributed by atoms with E-state index in [1.54, 1.807) is 0 Å². The maximum absolute atomic E-state index is 12.6. The molecule has 0 aromatic rings. The van der Waals surface area contributed by atoms with Gasteiger partial charge in [-0.25, -0.2) is 0 Å². The summed E-state index contributed by atoms with van der Waals surface area (Å²) in [4.78, 5) is 14.7. The average molecular weight is 284 g/mol. The van der Waals surface area contributed by atoms with Crippen molar-refractivity contribution in [3.8, 4) is 0 Å². The second kappa shape index (κ2) is 6.49. The van der Waals surface area contributed by atoms with E-state index < -0.39 is 0 Å². The molecule has 0 aliphatic carbocycles. The van der Waals surface area contributed by atoms with Gasteiger partial charge in [0.05, 0.1) is 6.04 Å². The van der Waals surface area contributed by atoms with Crippen LogP contribution in [0.3, 0.4) is 0 Å². The van der Waals surface area contributed by atoms with Gasteiger partial charge in [-0.1, -0.05) is 13.8 Å². The number of likely N-dealkylation sites (N-methyl/N-ethyl adjacent to an activating group) is 1. The molecule has 0 spiro atoms. The minimum absolute atomic E-state index is 0.0275. The molecule has 19 heavy (non-hydrogen) atoms. The van der Waals surface area contributed by atoms with E-state index >= 15 is 0 Å². The first-order valence-corrected chi connectivity index (χ1v) is 8.71. The van der Waals surface area contributed by atoms with E-state index in [4.69, 9.17) is 0 Å². The Labute approximate surface area is 121 Å². The molecule has 2 aliphatic rings. The fraction of sp³-hybridized carbons (Fsp3) is 0.933. The SMILES string of the molecule is CNC1CCC(C)(C)CN(CC2CCSCC2)C1=O. The van der Waals surface area contributed by atoms with Crippen LogP contribution < -0.4 is 5.32 Å². The number of carbonyl (C=O) groups is 1. The average Bonchev–Trinajstić information content (AvgIpc) is 2.49. The number of likely N-dealkylation sites (tertiary alicyclic amines) is 1. The topological polar surface area (TPSA) is 32.3 Å². The third-order valence-electron chi connectivity index (χ3n) is 4.51. The summed E-state index contributed by atoms with van der Waals surface area (Å²) in [6.07, 6.45) is 4.65. The summed E-state index contributed by atoms with van der Waals surface area (Å²) < 4.78 is 0. The van der Waals surface area contributed by atoms with Gasteiger partial charge >= 0.3 is 0 Å². The lowest BCUT2D eigenvalue weighted by Crippen LogP contribution is -2.47. The van der Waals surface area contributed by atoms with Crippen LogP contribution in [0, 0.1) is 11.3 Å². The van der Waals surface area contributed by atoms with Crippen LogP contribution >= 0.6 is 11.8 Å². The molecule has 0 aromatic heterocycles. The molecule has 0 bridgehead atoms. The number of hydrogen-bond acceptors (Lipinski definition) is 3. The largest absolute Gasteiger partial charge is 0.341 e. The molecule has 2 rings (SSSR count). The summed E-state index contributed by atoms with van der Waals surface area (Å²) in [5, 5.41) is 3.20. The number of rotatable bonds is 3. The van der Waals surface area contributed by atoms with Crippen molar-refractivity contribution in [3.05, 3.63) is 0 Å². The summed E-state index contributed by atoms with van der Waals surface area (Å²) in [6, 6.07) is 0.0275. The number of hydrogen-bond donors (Lipinski definition) is 1. The van der Waals surface area contributed by atoms with Crippen LogP contribution in [0.2, 0.25) is 0 Å². The Kier molecular flexibility index (Phi) is 5.18. The summed E-state index contributed by atoms with van der Waals surface area (Å²) in [6.45, 7) is 6.48. The zero-order valence-electron chi connectivity index (χ0n) is 12.6. The monoisotopic (exact) mass is 284 g/mol. The molecule has 110 valence electrons. The number of nitrogens with one attached hydrogen (secondary N) is 1.